The number of benzene rings is 2. The number of carbonyl (C=O) groups is 2. The van der Waals surface area contributed by atoms with Crippen molar-refractivity contribution in [2.45, 2.75) is 13.3 Å². The molecule has 2 aromatic carbocycles. The second-order valence-corrected chi connectivity index (χ2v) is 8.59. The molecule has 0 aliphatic carbocycles. The maximum atomic E-state index is 12.8. The number of methoxy groups -OCH3 is 2. The summed E-state index contributed by atoms with van der Waals surface area (Å²) in [4.78, 5) is 42.2. The van der Waals surface area contributed by atoms with Crippen LogP contribution >= 0.6 is 11.3 Å². The highest BCUT2D eigenvalue weighted by Crippen LogP contribution is 2.35. The van der Waals surface area contributed by atoms with Gasteiger partial charge in [0.2, 0.25) is 11.8 Å². The molecule has 0 saturated carbocycles. The predicted octanol–water partition coefficient (Wildman–Crippen LogP) is 4.04. The summed E-state index contributed by atoms with van der Waals surface area (Å²) in [6, 6.07) is 10.0. The molecule has 11 heteroatoms. The molecule has 1 N–H and O–H groups in total. The van der Waals surface area contributed by atoms with Crippen molar-refractivity contribution in [2.75, 3.05) is 31.0 Å². The molecule has 0 bridgehead atoms. The predicted molar refractivity (Wildman–Crippen MR) is 128 cm³/mol. The van der Waals surface area contributed by atoms with Crippen LogP contribution in [-0.4, -0.2) is 42.5 Å². The lowest BCUT2D eigenvalue weighted by Gasteiger charge is -2.18. The van der Waals surface area contributed by atoms with Crippen LogP contribution in [0.2, 0.25) is 0 Å². The van der Waals surface area contributed by atoms with E-state index in [-0.39, 0.29) is 30.5 Å². The number of nitro groups is 1. The molecule has 1 atom stereocenters. The SMILES string of the molecule is COc1ccc(N2CC(C(=O)Nc3nc(-c4ccc(C)c([N+](=O)[O-])c4)cs3)CC2=O)cc1OC. The third kappa shape index (κ3) is 4.55. The summed E-state index contributed by atoms with van der Waals surface area (Å²) in [7, 11) is 3.05. The van der Waals surface area contributed by atoms with Crippen molar-refractivity contribution in [2.24, 2.45) is 5.92 Å². The van der Waals surface area contributed by atoms with Crippen LogP contribution in [-0.2, 0) is 9.59 Å². The van der Waals surface area contributed by atoms with Crippen molar-refractivity contribution in [3.63, 3.8) is 0 Å². The van der Waals surface area contributed by atoms with Gasteiger partial charge in [-0.1, -0.05) is 12.1 Å². The fraction of sp³-hybridized carbons (Fsp3) is 0.261. The molecule has 4 rings (SSSR count). The number of aromatic nitrogens is 1. The van der Waals surface area contributed by atoms with Gasteiger partial charge in [0.15, 0.2) is 16.6 Å². The Hall–Kier alpha value is -3.99. The summed E-state index contributed by atoms with van der Waals surface area (Å²) in [6.07, 6.45) is 0.0720. The third-order valence-electron chi connectivity index (χ3n) is 5.61. The van der Waals surface area contributed by atoms with Gasteiger partial charge in [0.05, 0.1) is 30.8 Å². The molecule has 1 fully saturated rings. The Labute approximate surface area is 199 Å². The molecule has 1 saturated heterocycles. The number of anilines is 2. The lowest BCUT2D eigenvalue weighted by molar-refractivity contribution is -0.385. The maximum Gasteiger partial charge on any atom is 0.272 e. The molecule has 3 aromatic rings. The number of thiazole rings is 1. The highest BCUT2D eigenvalue weighted by molar-refractivity contribution is 7.14. The van der Waals surface area contributed by atoms with E-state index in [2.05, 4.69) is 10.3 Å². The molecule has 2 amide bonds. The summed E-state index contributed by atoms with van der Waals surface area (Å²) in [5, 5.41) is 16.1. The molecule has 0 radical (unpaired) electrons. The molecular formula is C23H22N4O6S. The summed E-state index contributed by atoms with van der Waals surface area (Å²) in [5.41, 5.74) is 2.30. The van der Waals surface area contributed by atoms with E-state index in [0.717, 1.165) is 0 Å². The van der Waals surface area contributed by atoms with E-state index >= 15 is 0 Å². The molecule has 10 nitrogen and oxygen atoms in total. The number of amides is 2. The van der Waals surface area contributed by atoms with Crippen LogP contribution in [0.1, 0.15) is 12.0 Å². The Morgan fingerprint density at radius 2 is 1.97 bits per heavy atom. The number of carbonyl (C=O) groups excluding carboxylic acids is 2. The fourth-order valence-electron chi connectivity index (χ4n) is 3.76. The first-order valence-electron chi connectivity index (χ1n) is 10.3. The third-order valence-corrected chi connectivity index (χ3v) is 6.37. The molecule has 0 spiro atoms. The first-order chi connectivity index (χ1) is 16.3. The van der Waals surface area contributed by atoms with Gasteiger partial charge in [0.1, 0.15) is 0 Å². The number of ether oxygens (including phenoxy) is 2. The van der Waals surface area contributed by atoms with Gasteiger partial charge in [-0.3, -0.25) is 19.7 Å². The highest BCUT2D eigenvalue weighted by Gasteiger charge is 2.35. The van der Waals surface area contributed by atoms with Gasteiger partial charge in [-0.25, -0.2) is 4.98 Å². The van der Waals surface area contributed by atoms with Gasteiger partial charge in [0.25, 0.3) is 5.69 Å². The molecule has 176 valence electrons. The molecule has 2 heterocycles. The van der Waals surface area contributed by atoms with E-state index in [1.54, 1.807) is 47.5 Å². The number of nitrogens with one attached hydrogen (secondary N) is 1. The number of hydrogen-bond acceptors (Lipinski definition) is 8. The average Bonchev–Trinajstić information content (AvgIpc) is 3.45. The zero-order valence-electron chi connectivity index (χ0n) is 18.7. The van der Waals surface area contributed by atoms with E-state index in [9.17, 15) is 19.7 Å². The van der Waals surface area contributed by atoms with Crippen LogP contribution in [0.3, 0.4) is 0 Å². The second kappa shape index (κ2) is 9.48. The van der Waals surface area contributed by atoms with Crippen LogP contribution in [0.25, 0.3) is 11.3 Å². The average molecular weight is 483 g/mol. The normalized spacial score (nSPS) is 15.3. The Balaban J connectivity index is 1.45. The van der Waals surface area contributed by atoms with E-state index in [1.165, 1.54) is 31.6 Å². The highest BCUT2D eigenvalue weighted by atomic mass is 32.1. The van der Waals surface area contributed by atoms with Gasteiger partial charge in [-0.2, -0.15) is 0 Å². The Kier molecular flexibility index (Phi) is 6.46. The standard InChI is InChI=1S/C23H22N4O6S/c1-13-4-5-14(8-18(13)27(30)31)17-12-34-23(24-17)25-22(29)15-9-21(28)26(11-15)16-6-7-19(32-2)20(10-16)33-3/h4-8,10,12,15H,9,11H2,1-3H3,(H,24,25,29). The zero-order chi connectivity index (χ0) is 24.4. The first kappa shape index (κ1) is 23.2. The summed E-state index contributed by atoms with van der Waals surface area (Å²) in [6.45, 7) is 1.89. The number of nitrogens with zero attached hydrogens (tertiary/aromatic N) is 3. The summed E-state index contributed by atoms with van der Waals surface area (Å²) < 4.78 is 10.5. The van der Waals surface area contributed by atoms with Crippen molar-refractivity contribution in [1.29, 1.82) is 0 Å². The number of aryl methyl sites for hydroxylation is 1. The van der Waals surface area contributed by atoms with Crippen LogP contribution < -0.4 is 19.7 Å². The van der Waals surface area contributed by atoms with Crippen molar-refractivity contribution in [1.82, 2.24) is 4.98 Å². The second-order valence-electron chi connectivity index (χ2n) is 7.73. The van der Waals surface area contributed by atoms with Crippen molar-refractivity contribution < 1.29 is 24.0 Å². The number of hydrogen-bond donors (Lipinski definition) is 1. The quantitative estimate of drug-likeness (QED) is 0.398. The molecule has 1 unspecified atom stereocenters. The van der Waals surface area contributed by atoms with E-state index < -0.39 is 10.8 Å². The van der Waals surface area contributed by atoms with Gasteiger partial charge >= 0.3 is 0 Å². The monoisotopic (exact) mass is 482 g/mol. The Morgan fingerprint density at radius 1 is 1.21 bits per heavy atom. The minimum Gasteiger partial charge on any atom is -0.493 e. The molecule has 1 aliphatic rings. The largest absolute Gasteiger partial charge is 0.493 e. The molecular weight excluding hydrogens is 460 g/mol. The Morgan fingerprint density at radius 3 is 2.68 bits per heavy atom. The topological polar surface area (TPSA) is 124 Å². The summed E-state index contributed by atoms with van der Waals surface area (Å²) in [5.74, 6) is 0.0118. The van der Waals surface area contributed by atoms with E-state index in [4.69, 9.17) is 9.47 Å². The molecule has 34 heavy (non-hydrogen) atoms. The lowest BCUT2D eigenvalue weighted by Crippen LogP contribution is -2.28. The van der Waals surface area contributed by atoms with Crippen LogP contribution in [0.15, 0.2) is 41.8 Å². The molecule has 1 aliphatic heterocycles. The van der Waals surface area contributed by atoms with Crippen molar-refractivity contribution >= 4 is 39.7 Å². The van der Waals surface area contributed by atoms with Crippen LogP contribution in [0, 0.1) is 23.0 Å². The first-order valence-corrected chi connectivity index (χ1v) is 11.2. The van der Waals surface area contributed by atoms with Crippen molar-refractivity contribution in [3.05, 3.63) is 57.5 Å². The number of rotatable bonds is 7. The minimum atomic E-state index is -0.548. The van der Waals surface area contributed by atoms with E-state index in [1.807, 2.05) is 0 Å². The van der Waals surface area contributed by atoms with Gasteiger partial charge in [-0.15, -0.1) is 11.3 Å². The zero-order valence-corrected chi connectivity index (χ0v) is 19.5. The van der Waals surface area contributed by atoms with Gasteiger partial charge in [0, 0.05) is 47.3 Å². The van der Waals surface area contributed by atoms with Crippen LogP contribution in [0.4, 0.5) is 16.5 Å². The van der Waals surface area contributed by atoms with Gasteiger partial charge in [-0.05, 0) is 19.1 Å². The smallest absolute Gasteiger partial charge is 0.272 e. The fourth-order valence-corrected chi connectivity index (χ4v) is 4.48. The van der Waals surface area contributed by atoms with Gasteiger partial charge < -0.3 is 19.7 Å². The minimum absolute atomic E-state index is 0.0100. The van der Waals surface area contributed by atoms with Crippen LogP contribution in [0.5, 0.6) is 11.5 Å². The van der Waals surface area contributed by atoms with E-state index in [0.29, 0.717) is 39.1 Å². The Bertz CT molecular complexity index is 1270. The maximum absolute atomic E-state index is 12.8. The molecule has 1 aromatic heterocycles. The number of nitro benzene ring substituents is 1. The lowest BCUT2D eigenvalue weighted by atomic mass is 10.1. The van der Waals surface area contributed by atoms with Crippen molar-refractivity contribution in [3.8, 4) is 22.8 Å². The summed E-state index contributed by atoms with van der Waals surface area (Å²) >= 11 is 1.22.